The van der Waals surface area contributed by atoms with Crippen LogP contribution in [-0.4, -0.2) is 42.9 Å². The number of nitrogens with one attached hydrogen (secondary N) is 1. The molecule has 0 radical (unpaired) electrons. The summed E-state index contributed by atoms with van der Waals surface area (Å²) in [5.74, 6) is -0.480. The van der Waals surface area contributed by atoms with E-state index in [4.69, 9.17) is 21.4 Å². The number of nitrogens with zero attached hydrogens (tertiary/aromatic N) is 1. The number of carboxylic acid groups (broad SMARTS) is 1. The van der Waals surface area contributed by atoms with Crippen LogP contribution in [0.3, 0.4) is 0 Å². The summed E-state index contributed by atoms with van der Waals surface area (Å²) in [5.41, 5.74) is 4.01. The molecule has 0 heterocycles. The van der Waals surface area contributed by atoms with E-state index in [1.165, 1.54) is 5.56 Å². The number of carboxylic acids is 1. The molecule has 6 nitrogen and oxygen atoms in total. The van der Waals surface area contributed by atoms with Crippen LogP contribution in [-0.2, 0) is 11.2 Å². The van der Waals surface area contributed by atoms with Crippen molar-refractivity contribution >= 4 is 41.4 Å². The molecule has 3 aromatic carbocycles. The van der Waals surface area contributed by atoms with Crippen LogP contribution in [0.4, 0.5) is 11.4 Å². The Bertz CT molecular complexity index is 1010. The number of aliphatic hydroxyl groups excluding tert-OH is 1. The number of carbonyl (C=O) groups is 1. The Kier molecular flexibility index (Phi) is 10.5. The number of rotatable bonds is 11. The van der Waals surface area contributed by atoms with Gasteiger partial charge >= 0.3 is 5.97 Å². The molecule has 0 fully saturated rings. The molecular weight excluding hydrogens is 463 g/mol. The first kappa shape index (κ1) is 26.5. The van der Waals surface area contributed by atoms with Gasteiger partial charge in [-0.25, -0.2) is 4.79 Å². The van der Waals surface area contributed by atoms with Crippen molar-refractivity contribution in [1.29, 1.82) is 0 Å². The lowest BCUT2D eigenvalue weighted by molar-refractivity contribution is -0.139. The zero-order valence-corrected chi connectivity index (χ0v) is 19.9. The van der Waals surface area contributed by atoms with Gasteiger partial charge in [0, 0.05) is 30.0 Å². The van der Waals surface area contributed by atoms with Gasteiger partial charge in [-0.15, -0.1) is 12.4 Å². The number of hydrogen-bond acceptors (Lipinski definition) is 5. The number of benzene rings is 3. The van der Waals surface area contributed by atoms with Crippen molar-refractivity contribution in [3.8, 4) is 5.75 Å². The molecule has 0 amide bonds. The zero-order valence-electron chi connectivity index (χ0n) is 18.3. The van der Waals surface area contributed by atoms with E-state index in [0.29, 0.717) is 17.3 Å². The average molecular weight is 491 g/mol. The SMILES string of the molecule is CN(c1ccc(CCNC[C@@H](O)c2cccc(Cl)c2)cc1)c1ccc(OCC(=O)O)cc1.Cl. The summed E-state index contributed by atoms with van der Waals surface area (Å²) in [7, 11) is 1.97. The van der Waals surface area contributed by atoms with Gasteiger partial charge in [-0.1, -0.05) is 35.9 Å². The highest BCUT2D eigenvalue weighted by Gasteiger charge is 2.08. The van der Waals surface area contributed by atoms with Crippen molar-refractivity contribution < 1.29 is 19.7 Å². The van der Waals surface area contributed by atoms with Gasteiger partial charge in [0.15, 0.2) is 6.61 Å². The maximum atomic E-state index is 10.6. The van der Waals surface area contributed by atoms with Gasteiger partial charge in [0.05, 0.1) is 6.10 Å². The molecule has 0 aliphatic rings. The number of hydrogen-bond donors (Lipinski definition) is 3. The molecule has 8 heteroatoms. The van der Waals surface area contributed by atoms with Crippen molar-refractivity contribution in [2.75, 3.05) is 31.6 Å². The van der Waals surface area contributed by atoms with Crippen molar-refractivity contribution in [2.45, 2.75) is 12.5 Å². The molecule has 0 unspecified atom stereocenters. The summed E-state index contributed by atoms with van der Waals surface area (Å²) in [6.45, 7) is 0.864. The summed E-state index contributed by atoms with van der Waals surface area (Å²) in [5, 5.41) is 22.8. The van der Waals surface area contributed by atoms with Crippen LogP contribution in [0.1, 0.15) is 17.2 Å². The van der Waals surface area contributed by atoms with Crippen LogP contribution in [0.5, 0.6) is 5.75 Å². The second-order valence-electron chi connectivity index (χ2n) is 7.43. The molecule has 0 saturated carbocycles. The molecule has 33 heavy (non-hydrogen) atoms. The Morgan fingerprint density at radius 3 is 2.30 bits per heavy atom. The van der Waals surface area contributed by atoms with Crippen molar-refractivity contribution in [3.63, 3.8) is 0 Å². The largest absolute Gasteiger partial charge is 0.482 e. The molecule has 0 saturated heterocycles. The van der Waals surface area contributed by atoms with Crippen molar-refractivity contribution in [2.24, 2.45) is 0 Å². The smallest absolute Gasteiger partial charge is 0.341 e. The van der Waals surface area contributed by atoms with Gasteiger partial charge in [0.1, 0.15) is 5.75 Å². The predicted molar refractivity (Wildman–Crippen MR) is 134 cm³/mol. The van der Waals surface area contributed by atoms with Crippen LogP contribution in [0.2, 0.25) is 5.02 Å². The lowest BCUT2D eigenvalue weighted by Gasteiger charge is -2.20. The topological polar surface area (TPSA) is 82.0 Å². The minimum Gasteiger partial charge on any atom is -0.482 e. The Balaban J connectivity index is 0.00000385. The Morgan fingerprint density at radius 1 is 1.06 bits per heavy atom. The minimum absolute atomic E-state index is 0. The van der Waals surface area contributed by atoms with Crippen LogP contribution in [0, 0.1) is 0 Å². The predicted octanol–water partition coefficient (Wildman–Crippen LogP) is 4.86. The highest BCUT2D eigenvalue weighted by Crippen LogP contribution is 2.26. The Labute approximate surface area is 205 Å². The third-order valence-electron chi connectivity index (χ3n) is 5.07. The molecule has 1 atom stereocenters. The summed E-state index contributed by atoms with van der Waals surface area (Å²) >= 11 is 5.97. The second-order valence-corrected chi connectivity index (χ2v) is 7.86. The van der Waals surface area contributed by atoms with Gasteiger partial charge in [-0.05, 0) is 72.6 Å². The first-order valence-electron chi connectivity index (χ1n) is 10.3. The maximum absolute atomic E-state index is 10.6. The lowest BCUT2D eigenvalue weighted by Crippen LogP contribution is -2.23. The first-order valence-corrected chi connectivity index (χ1v) is 10.7. The first-order chi connectivity index (χ1) is 15.4. The standard InChI is InChI=1S/C25H27ClN2O4.ClH/c1-28(22-9-11-23(12-10-22)32-17-25(30)31)21-7-5-18(6-8-21)13-14-27-16-24(29)19-3-2-4-20(26)15-19;/h2-12,15,24,27,29H,13-14,16-17H2,1H3,(H,30,31);1H/t24-;/m1./s1. The molecule has 0 spiro atoms. The second kappa shape index (κ2) is 13.1. The third kappa shape index (κ3) is 8.26. The van der Waals surface area contributed by atoms with Gasteiger partial charge < -0.3 is 25.2 Å². The number of anilines is 2. The maximum Gasteiger partial charge on any atom is 0.341 e. The van der Waals surface area contributed by atoms with E-state index < -0.39 is 12.1 Å². The normalized spacial score (nSPS) is 11.4. The van der Waals surface area contributed by atoms with E-state index >= 15 is 0 Å². The summed E-state index contributed by atoms with van der Waals surface area (Å²) < 4.78 is 5.17. The van der Waals surface area contributed by atoms with Crippen LogP contribution in [0.25, 0.3) is 0 Å². The molecule has 0 aliphatic heterocycles. The fourth-order valence-electron chi connectivity index (χ4n) is 3.25. The van der Waals surface area contributed by atoms with E-state index in [9.17, 15) is 9.90 Å². The Morgan fingerprint density at radius 2 is 1.70 bits per heavy atom. The van der Waals surface area contributed by atoms with Gasteiger partial charge in [0.2, 0.25) is 0 Å². The van der Waals surface area contributed by atoms with Crippen molar-refractivity contribution in [1.82, 2.24) is 5.32 Å². The molecule has 3 aromatic rings. The van der Waals surface area contributed by atoms with E-state index in [1.807, 2.05) is 36.2 Å². The minimum atomic E-state index is -1.00. The zero-order chi connectivity index (χ0) is 22.9. The Hall–Kier alpha value is -2.77. The summed E-state index contributed by atoms with van der Waals surface area (Å²) in [4.78, 5) is 12.6. The van der Waals surface area contributed by atoms with Crippen molar-refractivity contribution in [3.05, 3.63) is 88.9 Å². The molecule has 0 bridgehead atoms. The molecule has 0 aromatic heterocycles. The lowest BCUT2D eigenvalue weighted by atomic mass is 10.1. The van der Waals surface area contributed by atoms with E-state index in [0.717, 1.165) is 29.9 Å². The summed E-state index contributed by atoms with van der Waals surface area (Å²) in [6.07, 6.45) is 0.257. The molecule has 0 aliphatic carbocycles. The number of aliphatic carboxylic acids is 1. The number of halogens is 2. The fraction of sp³-hybridized carbons (Fsp3) is 0.240. The molecular formula is C25H28Cl2N2O4. The highest BCUT2D eigenvalue weighted by atomic mass is 35.5. The van der Waals surface area contributed by atoms with E-state index in [-0.39, 0.29) is 19.0 Å². The van der Waals surface area contributed by atoms with E-state index in [2.05, 4.69) is 29.6 Å². The van der Waals surface area contributed by atoms with Gasteiger partial charge in [0.25, 0.3) is 0 Å². The van der Waals surface area contributed by atoms with Crippen LogP contribution >= 0.6 is 24.0 Å². The van der Waals surface area contributed by atoms with Gasteiger partial charge in [-0.3, -0.25) is 0 Å². The molecule has 176 valence electrons. The third-order valence-corrected chi connectivity index (χ3v) is 5.31. The quantitative estimate of drug-likeness (QED) is 0.333. The fourth-order valence-corrected chi connectivity index (χ4v) is 3.45. The van der Waals surface area contributed by atoms with Crippen LogP contribution in [0.15, 0.2) is 72.8 Å². The number of aliphatic hydroxyl groups is 1. The monoisotopic (exact) mass is 490 g/mol. The van der Waals surface area contributed by atoms with E-state index in [1.54, 1.807) is 24.3 Å². The highest BCUT2D eigenvalue weighted by molar-refractivity contribution is 6.30. The average Bonchev–Trinajstić information content (AvgIpc) is 2.80. The van der Waals surface area contributed by atoms with Gasteiger partial charge in [-0.2, -0.15) is 0 Å². The molecule has 3 rings (SSSR count). The summed E-state index contributed by atoms with van der Waals surface area (Å²) in [6, 6.07) is 22.9. The molecule has 3 N–H and O–H groups in total. The van der Waals surface area contributed by atoms with Crippen LogP contribution < -0.4 is 15.0 Å². The number of ether oxygens (including phenoxy) is 1.